The highest BCUT2D eigenvalue weighted by Crippen LogP contribution is 2.36. The van der Waals surface area contributed by atoms with Gasteiger partial charge in [-0.05, 0) is 44.1 Å². The SMILES string of the molecule is Nc1cc(C(F)(F)F)ccc1SCC1(O)CCNCC1. The number of nitrogen functional groups attached to an aromatic ring is 1. The average Bonchev–Trinajstić information content (AvgIpc) is 2.37. The molecule has 112 valence electrons. The van der Waals surface area contributed by atoms with Crippen LogP contribution in [0.1, 0.15) is 18.4 Å². The summed E-state index contributed by atoms with van der Waals surface area (Å²) < 4.78 is 37.6. The number of hydrogen-bond donors (Lipinski definition) is 3. The number of aliphatic hydroxyl groups is 1. The fraction of sp³-hybridized carbons (Fsp3) is 0.538. The Morgan fingerprint density at radius 1 is 1.30 bits per heavy atom. The number of anilines is 1. The maximum absolute atomic E-state index is 12.5. The maximum atomic E-state index is 12.5. The van der Waals surface area contributed by atoms with E-state index >= 15 is 0 Å². The van der Waals surface area contributed by atoms with E-state index in [1.807, 2.05) is 0 Å². The summed E-state index contributed by atoms with van der Waals surface area (Å²) in [6.45, 7) is 1.50. The largest absolute Gasteiger partial charge is 0.416 e. The highest BCUT2D eigenvalue weighted by molar-refractivity contribution is 7.99. The van der Waals surface area contributed by atoms with Crippen LogP contribution < -0.4 is 11.1 Å². The minimum atomic E-state index is -4.38. The minimum absolute atomic E-state index is 0.0994. The minimum Gasteiger partial charge on any atom is -0.398 e. The molecule has 0 aliphatic carbocycles. The molecule has 4 N–H and O–H groups in total. The van der Waals surface area contributed by atoms with Gasteiger partial charge >= 0.3 is 6.18 Å². The van der Waals surface area contributed by atoms with Crippen LogP contribution in [0.15, 0.2) is 23.1 Å². The van der Waals surface area contributed by atoms with Gasteiger partial charge in [-0.25, -0.2) is 0 Å². The molecule has 0 saturated carbocycles. The predicted octanol–water partition coefficient (Wildman–Crippen LogP) is 2.49. The third-order valence-electron chi connectivity index (χ3n) is 3.37. The van der Waals surface area contributed by atoms with Gasteiger partial charge in [0.25, 0.3) is 0 Å². The molecule has 2 rings (SSSR count). The van der Waals surface area contributed by atoms with Crippen molar-refractivity contribution in [2.75, 3.05) is 24.6 Å². The standard InChI is InChI=1S/C13H17F3N2OS/c14-13(15,16)9-1-2-11(10(17)7-9)20-8-12(19)3-5-18-6-4-12/h1-2,7,18-19H,3-6,8,17H2. The Kier molecular flexibility index (Phi) is 4.51. The van der Waals surface area contributed by atoms with Crippen LogP contribution in [0.5, 0.6) is 0 Å². The Labute approximate surface area is 119 Å². The molecule has 0 amide bonds. The summed E-state index contributed by atoms with van der Waals surface area (Å²) in [5.41, 5.74) is 4.24. The van der Waals surface area contributed by atoms with E-state index in [2.05, 4.69) is 5.32 Å². The van der Waals surface area contributed by atoms with Crippen LogP contribution in [-0.2, 0) is 6.18 Å². The molecule has 0 atom stereocenters. The van der Waals surface area contributed by atoms with Crippen LogP contribution in [0.2, 0.25) is 0 Å². The highest BCUT2D eigenvalue weighted by Gasteiger charge is 2.32. The first-order valence-electron chi connectivity index (χ1n) is 6.33. The Hall–Kier alpha value is -0.920. The summed E-state index contributed by atoms with van der Waals surface area (Å²) in [5.74, 6) is 0.435. The van der Waals surface area contributed by atoms with E-state index in [9.17, 15) is 18.3 Å². The van der Waals surface area contributed by atoms with E-state index in [1.54, 1.807) is 0 Å². The van der Waals surface area contributed by atoms with Crippen LogP contribution in [0, 0.1) is 0 Å². The molecule has 1 saturated heterocycles. The molecule has 3 nitrogen and oxygen atoms in total. The topological polar surface area (TPSA) is 58.3 Å². The number of thioether (sulfide) groups is 1. The third kappa shape index (κ3) is 3.80. The molecule has 0 bridgehead atoms. The van der Waals surface area contributed by atoms with E-state index in [-0.39, 0.29) is 5.69 Å². The Morgan fingerprint density at radius 2 is 1.95 bits per heavy atom. The van der Waals surface area contributed by atoms with Crippen molar-refractivity contribution < 1.29 is 18.3 Å². The number of piperidine rings is 1. The number of alkyl halides is 3. The van der Waals surface area contributed by atoms with Crippen LogP contribution in [0.25, 0.3) is 0 Å². The molecule has 0 radical (unpaired) electrons. The quantitative estimate of drug-likeness (QED) is 0.593. The van der Waals surface area contributed by atoms with Gasteiger partial charge in [0.1, 0.15) is 0 Å². The lowest BCUT2D eigenvalue weighted by Gasteiger charge is -2.32. The van der Waals surface area contributed by atoms with Gasteiger partial charge in [-0.1, -0.05) is 0 Å². The van der Waals surface area contributed by atoms with Gasteiger partial charge in [-0.15, -0.1) is 11.8 Å². The average molecular weight is 306 g/mol. The zero-order valence-electron chi connectivity index (χ0n) is 10.8. The molecule has 20 heavy (non-hydrogen) atoms. The number of rotatable bonds is 3. The number of nitrogens with one attached hydrogen (secondary N) is 1. The fourth-order valence-corrected chi connectivity index (χ4v) is 3.21. The normalized spacial score (nSPS) is 19.0. The lowest BCUT2D eigenvalue weighted by atomic mass is 9.95. The first kappa shape index (κ1) is 15.5. The third-order valence-corrected chi connectivity index (χ3v) is 4.73. The second kappa shape index (κ2) is 5.83. The van der Waals surface area contributed by atoms with Crippen molar-refractivity contribution in [2.24, 2.45) is 0 Å². The summed E-state index contributed by atoms with van der Waals surface area (Å²) in [6, 6.07) is 3.33. The first-order chi connectivity index (χ1) is 9.30. The lowest BCUT2D eigenvalue weighted by Crippen LogP contribution is -2.43. The monoisotopic (exact) mass is 306 g/mol. The van der Waals surface area contributed by atoms with Gasteiger partial charge in [0, 0.05) is 16.3 Å². The highest BCUT2D eigenvalue weighted by atomic mass is 32.2. The Morgan fingerprint density at radius 3 is 2.50 bits per heavy atom. The summed E-state index contributed by atoms with van der Waals surface area (Å²) in [6.07, 6.45) is -3.11. The summed E-state index contributed by atoms with van der Waals surface area (Å²) >= 11 is 1.30. The fourth-order valence-electron chi connectivity index (χ4n) is 2.10. The smallest absolute Gasteiger partial charge is 0.398 e. The number of halogens is 3. The molecule has 1 aliphatic heterocycles. The van der Waals surface area contributed by atoms with Crippen LogP contribution in [-0.4, -0.2) is 29.5 Å². The predicted molar refractivity (Wildman–Crippen MR) is 73.6 cm³/mol. The van der Waals surface area contributed by atoms with E-state index in [0.717, 1.165) is 25.2 Å². The van der Waals surface area contributed by atoms with Gasteiger partial charge in [-0.2, -0.15) is 13.2 Å². The van der Waals surface area contributed by atoms with E-state index in [0.29, 0.717) is 23.5 Å². The number of hydrogen-bond acceptors (Lipinski definition) is 4. The van der Waals surface area contributed by atoms with Gasteiger partial charge in [0.2, 0.25) is 0 Å². The molecule has 1 aromatic carbocycles. The first-order valence-corrected chi connectivity index (χ1v) is 7.31. The van der Waals surface area contributed by atoms with Crippen molar-refractivity contribution in [3.8, 4) is 0 Å². The lowest BCUT2D eigenvalue weighted by molar-refractivity contribution is -0.137. The molecule has 7 heteroatoms. The molecular weight excluding hydrogens is 289 g/mol. The van der Waals surface area contributed by atoms with E-state index in [1.165, 1.54) is 17.8 Å². The van der Waals surface area contributed by atoms with Crippen LogP contribution in [0.3, 0.4) is 0 Å². The second-order valence-corrected chi connectivity index (χ2v) is 6.03. The zero-order chi connectivity index (χ0) is 14.8. The molecule has 0 aromatic heterocycles. The number of nitrogens with two attached hydrogens (primary N) is 1. The zero-order valence-corrected chi connectivity index (χ0v) is 11.7. The van der Waals surface area contributed by atoms with Crippen molar-refractivity contribution in [2.45, 2.75) is 29.5 Å². The van der Waals surface area contributed by atoms with Crippen molar-refractivity contribution >= 4 is 17.4 Å². The molecular formula is C13H17F3N2OS. The molecule has 1 fully saturated rings. The summed E-state index contributed by atoms with van der Waals surface area (Å²) in [5, 5.41) is 13.5. The van der Waals surface area contributed by atoms with Gasteiger partial charge in [0.05, 0.1) is 11.2 Å². The van der Waals surface area contributed by atoms with Crippen molar-refractivity contribution in [3.63, 3.8) is 0 Å². The summed E-state index contributed by atoms with van der Waals surface area (Å²) in [7, 11) is 0. The van der Waals surface area contributed by atoms with Gasteiger partial charge in [0.15, 0.2) is 0 Å². The molecule has 1 heterocycles. The Balaban J connectivity index is 2.03. The molecule has 0 spiro atoms. The molecule has 1 aliphatic rings. The van der Waals surface area contributed by atoms with Crippen molar-refractivity contribution in [1.29, 1.82) is 0 Å². The molecule has 1 aromatic rings. The van der Waals surface area contributed by atoms with E-state index < -0.39 is 17.3 Å². The van der Waals surface area contributed by atoms with Crippen molar-refractivity contribution in [3.05, 3.63) is 23.8 Å². The summed E-state index contributed by atoms with van der Waals surface area (Å²) in [4.78, 5) is 0.574. The van der Waals surface area contributed by atoms with Crippen molar-refractivity contribution in [1.82, 2.24) is 5.32 Å². The second-order valence-electron chi connectivity index (χ2n) is 5.01. The number of benzene rings is 1. The van der Waals surface area contributed by atoms with Crippen LogP contribution >= 0.6 is 11.8 Å². The van der Waals surface area contributed by atoms with Gasteiger partial charge < -0.3 is 16.2 Å². The van der Waals surface area contributed by atoms with Crippen LogP contribution in [0.4, 0.5) is 18.9 Å². The van der Waals surface area contributed by atoms with E-state index in [4.69, 9.17) is 5.73 Å². The maximum Gasteiger partial charge on any atom is 0.416 e. The Bertz CT molecular complexity index is 473. The molecule has 0 unspecified atom stereocenters. The van der Waals surface area contributed by atoms with Gasteiger partial charge in [-0.3, -0.25) is 0 Å².